The van der Waals surface area contributed by atoms with E-state index in [4.69, 9.17) is 0 Å². The minimum Gasteiger partial charge on any atom is -0.326 e. The van der Waals surface area contributed by atoms with Crippen LogP contribution in [0.25, 0.3) is 17.1 Å². The molecule has 0 spiro atoms. The van der Waals surface area contributed by atoms with Gasteiger partial charge in [-0.05, 0) is 35.9 Å². The Labute approximate surface area is 138 Å². The lowest BCUT2D eigenvalue weighted by atomic mass is 10.1. The van der Waals surface area contributed by atoms with Crippen LogP contribution >= 0.6 is 0 Å². The fourth-order valence-corrected chi connectivity index (χ4v) is 2.41. The van der Waals surface area contributed by atoms with Crippen molar-refractivity contribution in [2.24, 2.45) is 4.99 Å². The normalized spacial score (nSPS) is 15.4. The molecule has 6 heteroatoms. The van der Waals surface area contributed by atoms with Crippen LogP contribution in [0, 0.1) is 0 Å². The molecule has 24 heavy (non-hydrogen) atoms. The van der Waals surface area contributed by atoms with Crippen molar-refractivity contribution >= 4 is 34.7 Å². The topological polar surface area (TPSA) is 79.3 Å². The van der Waals surface area contributed by atoms with Gasteiger partial charge in [0.25, 0.3) is 5.91 Å². The minimum absolute atomic E-state index is 0.243. The Bertz CT molecular complexity index is 979. The Morgan fingerprint density at radius 2 is 1.75 bits per heavy atom. The lowest BCUT2D eigenvalue weighted by molar-refractivity contribution is -0.115. The summed E-state index contributed by atoms with van der Waals surface area (Å²) in [5.41, 5.74) is 3.63. The van der Waals surface area contributed by atoms with E-state index in [9.17, 15) is 4.79 Å². The summed E-state index contributed by atoms with van der Waals surface area (Å²) in [4.78, 5) is 24.9. The van der Waals surface area contributed by atoms with Gasteiger partial charge in [0.15, 0.2) is 0 Å². The smallest absolute Gasteiger partial charge is 0.276 e. The summed E-state index contributed by atoms with van der Waals surface area (Å²) in [6.45, 7) is 0. The number of carbonyl (C=O) groups is 1. The monoisotopic (exact) mass is 315 g/mol. The zero-order chi connectivity index (χ0) is 16.4. The van der Waals surface area contributed by atoms with Crippen molar-refractivity contribution in [1.82, 2.24) is 15.3 Å². The fraction of sp³-hybridized carbons (Fsp3) is 0. The molecule has 1 aromatic heterocycles. The Morgan fingerprint density at radius 1 is 0.958 bits per heavy atom. The molecule has 116 valence electrons. The highest BCUT2D eigenvalue weighted by molar-refractivity contribution is 6.17. The molecule has 0 saturated heterocycles. The number of benzene rings is 2. The third-order valence-electron chi connectivity index (χ3n) is 3.53. The number of para-hydroxylation sites is 1. The van der Waals surface area contributed by atoms with Crippen LogP contribution in [0.5, 0.6) is 0 Å². The number of aliphatic imine (C=N–C) groups is 1. The number of carbonyl (C=O) groups excluding carboxylic acids is 1. The van der Waals surface area contributed by atoms with Crippen molar-refractivity contribution < 1.29 is 4.79 Å². The highest BCUT2D eigenvalue weighted by Gasteiger charge is 2.20. The van der Waals surface area contributed by atoms with Gasteiger partial charge >= 0.3 is 0 Å². The summed E-state index contributed by atoms with van der Waals surface area (Å²) >= 11 is 0. The summed E-state index contributed by atoms with van der Waals surface area (Å²) in [6, 6.07) is 15.2. The van der Waals surface area contributed by atoms with E-state index >= 15 is 0 Å². The minimum atomic E-state index is -0.243. The zero-order valence-corrected chi connectivity index (χ0v) is 12.6. The van der Waals surface area contributed by atoms with Crippen LogP contribution < -0.4 is 10.6 Å². The first-order chi connectivity index (χ1) is 11.8. The van der Waals surface area contributed by atoms with E-state index in [1.807, 2.05) is 48.5 Å². The first kappa shape index (κ1) is 14.1. The van der Waals surface area contributed by atoms with Gasteiger partial charge < -0.3 is 5.32 Å². The van der Waals surface area contributed by atoms with E-state index in [0.717, 1.165) is 22.3 Å². The maximum Gasteiger partial charge on any atom is 0.276 e. The molecule has 2 N–H and O–H groups in total. The second kappa shape index (κ2) is 5.92. The van der Waals surface area contributed by atoms with Gasteiger partial charge in [0.1, 0.15) is 5.70 Å². The number of nitrogens with zero attached hydrogens (tertiary/aromatic N) is 3. The summed E-state index contributed by atoms with van der Waals surface area (Å²) in [6.07, 6.45) is 5.02. The number of nitrogens with one attached hydrogen (secondary N) is 2. The number of amides is 1. The molecule has 1 aliphatic heterocycles. The first-order valence-corrected chi connectivity index (χ1v) is 7.42. The molecule has 0 fully saturated rings. The summed E-state index contributed by atoms with van der Waals surface area (Å²) in [5, 5.41) is 5.79. The molecular formula is C18H13N5O. The van der Waals surface area contributed by atoms with Crippen molar-refractivity contribution in [3.8, 4) is 0 Å². The molecule has 0 unspecified atom stereocenters. The Morgan fingerprint density at radius 3 is 2.58 bits per heavy atom. The Hall–Kier alpha value is -3.54. The standard InChI is InChI=1S/C18H13N5O/c24-17-16(22-18(23-17)21-13-4-2-1-3-5-13)11-12-6-7-14-15(10-12)20-9-8-19-14/h1-11H,(H2,21,22,23,24)/b16-11-. The largest absolute Gasteiger partial charge is 0.326 e. The molecule has 6 nitrogen and oxygen atoms in total. The number of guanidine groups is 1. The van der Waals surface area contributed by atoms with Gasteiger partial charge in [0.2, 0.25) is 5.96 Å². The molecule has 1 amide bonds. The van der Waals surface area contributed by atoms with Gasteiger partial charge in [-0.2, -0.15) is 0 Å². The van der Waals surface area contributed by atoms with Crippen LogP contribution in [0.4, 0.5) is 5.69 Å². The lowest BCUT2D eigenvalue weighted by Gasteiger charge is -2.03. The van der Waals surface area contributed by atoms with Gasteiger partial charge in [0, 0.05) is 18.1 Å². The van der Waals surface area contributed by atoms with E-state index in [0.29, 0.717) is 11.7 Å². The van der Waals surface area contributed by atoms with Crippen LogP contribution in [0.1, 0.15) is 5.56 Å². The Balaban J connectivity index is 1.62. The van der Waals surface area contributed by atoms with Crippen LogP contribution in [0.15, 0.2) is 71.6 Å². The second-order valence-corrected chi connectivity index (χ2v) is 5.24. The number of hydrogen-bond donors (Lipinski definition) is 2. The predicted molar refractivity (Wildman–Crippen MR) is 93.2 cm³/mol. The number of hydrogen-bond acceptors (Lipinski definition) is 5. The molecule has 2 aromatic carbocycles. The predicted octanol–water partition coefficient (Wildman–Crippen LogP) is 2.57. The SMILES string of the molecule is O=C1NC(Nc2ccccc2)=N/C1=C\c1ccc2nccnc2c1. The van der Waals surface area contributed by atoms with Crippen molar-refractivity contribution in [2.75, 3.05) is 5.32 Å². The van der Waals surface area contributed by atoms with Gasteiger partial charge in [0.05, 0.1) is 11.0 Å². The molecule has 0 bridgehead atoms. The third kappa shape index (κ3) is 2.85. The first-order valence-electron chi connectivity index (χ1n) is 7.42. The van der Waals surface area contributed by atoms with Gasteiger partial charge in [-0.1, -0.05) is 24.3 Å². The maximum absolute atomic E-state index is 12.1. The van der Waals surface area contributed by atoms with E-state index in [1.165, 1.54) is 0 Å². The second-order valence-electron chi connectivity index (χ2n) is 5.24. The zero-order valence-electron chi connectivity index (χ0n) is 12.6. The van der Waals surface area contributed by atoms with Gasteiger partial charge in [-0.15, -0.1) is 0 Å². The Kier molecular flexibility index (Phi) is 3.47. The maximum atomic E-state index is 12.1. The summed E-state index contributed by atoms with van der Waals surface area (Å²) < 4.78 is 0. The quantitative estimate of drug-likeness (QED) is 0.712. The van der Waals surface area contributed by atoms with E-state index < -0.39 is 0 Å². The van der Waals surface area contributed by atoms with E-state index in [2.05, 4.69) is 25.6 Å². The highest BCUT2D eigenvalue weighted by atomic mass is 16.2. The van der Waals surface area contributed by atoms with Crippen LogP contribution in [0.3, 0.4) is 0 Å². The molecular weight excluding hydrogens is 302 g/mol. The average molecular weight is 315 g/mol. The van der Waals surface area contributed by atoms with Crippen molar-refractivity contribution in [1.29, 1.82) is 0 Å². The number of fused-ring (bicyclic) bond motifs is 1. The summed E-state index contributed by atoms with van der Waals surface area (Å²) in [7, 11) is 0. The molecule has 0 radical (unpaired) electrons. The van der Waals surface area contributed by atoms with E-state index in [1.54, 1.807) is 18.5 Å². The van der Waals surface area contributed by atoms with Crippen molar-refractivity contribution in [2.45, 2.75) is 0 Å². The molecule has 3 aromatic rings. The third-order valence-corrected chi connectivity index (χ3v) is 3.53. The van der Waals surface area contributed by atoms with Gasteiger partial charge in [-0.3, -0.25) is 20.1 Å². The number of anilines is 1. The van der Waals surface area contributed by atoms with Crippen LogP contribution in [0.2, 0.25) is 0 Å². The van der Waals surface area contributed by atoms with Gasteiger partial charge in [-0.25, -0.2) is 4.99 Å². The lowest BCUT2D eigenvalue weighted by Crippen LogP contribution is -2.29. The molecule has 0 saturated carbocycles. The van der Waals surface area contributed by atoms with Crippen molar-refractivity contribution in [3.63, 3.8) is 0 Å². The van der Waals surface area contributed by atoms with E-state index in [-0.39, 0.29) is 5.91 Å². The fourth-order valence-electron chi connectivity index (χ4n) is 2.41. The molecule has 0 aliphatic carbocycles. The molecule has 4 rings (SSSR count). The summed E-state index contributed by atoms with van der Waals surface area (Å²) in [5.74, 6) is 0.172. The van der Waals surface area contributed by atoms with Crippen LogP contribution in [-0.4, -0.2) is 21.8 Å². The number of aromatic nitrogens is 2. The molecule has 1 aliphatic rings. The van der Waals surface area contributed by atoms with Crippen molar-refractivity contribution in [3.05, 3.63) is 72.2 Å². The molecule has 0 atom stereocenters. The molecule has 2 heterocycles. The van der Waals surface area contributed by atoms with Crippen LogP contribution in [-0.2, 0) is 4.79 Å². The highest BCUT2D eigenvalue weighted by Crippen LogP contribution is 2.17. The average Bonchev–Trinajstić information content (AvgIpc) is 2.95. The number of rotatable bonds is 2.